The van der Waals surface area contributed by atoms with Crippen molar-refractivity contribution in [1.82, 2.24) is 10.1 Å². The van der Waals surface area contributed by atoms with Gasteiger partial charge in [0.1, 0.15) is 5.82 Å². The van der Waals surface area contributed by atoms with E-state index in [9.17, 15) is 9.18 Å². The maximum atomic E-state index is 13.1. The van der Waals surface area contributed by atoms with Gasteiger partial charge in [-0.15, -0.1) is 11.3 Å². The molecule has 3 aromatic rings. The number of amides is 1. The van der Waals surface area contributed by atoms with E-state index in [-0.39, 0.29) is 17.8 Å². The molecule has 3 heterocycles. The quantitative estimate of drug-likeness (QED) is 0.703. The van der Waals surface area contributed by atoms with Gasteiger partial charge in [0.05, 0.1) is 10.9 Å². The highest BCUT2D eigenvalue weighted by molar-refractivity contribution is 7.13. The van der Waals surface area contributed by atoms with Gasteiger partial charge < -0.3 is 9.42 Å². The lowest BCUT2D eigenvalue weighted by Gasteiger charge is -2.24. The molecule has 0 unspecified atom stereocenters. The number of halogens is 1. The molecule has 0 aliphatic carbocycles. The lowest BCUT2D eigenvalue weighted by molar-refractivity contribution is 0.0725. The van der Waals surface area contributed by atoms with Gasteiger partial charge in [0.2, 0.25) is 0 Å². The van der Waals surface area contributed by atoms with Crippen molar-refractivity contribution >= 4 is 17.2 Å². The largest absolute Gasteiger partial charge is 0.355 e. The first-order valence-corrected chi connectivity index (χ1v) is 8.67. The Balaban J connectivity index is 1.58. The second-order valence-electron chi connectivity index (χ2n) is 5.76. The Morgan fingerprint density at radius 2 is 2.12 bits per heavy atom. The number of likely N-dealkylation sites (tertiary alicyclic amines) is 1. The summed E-state index contributed by atoms with van der Waals surface area (Å²) in [5, 5.41) is 5.89. The fourth-order valence-corrected chi connectivity index (χ4v) is 3.77. The first-order valence-electron chi connectivity index (χ1n) is 7.79. The van der Waals surface area contributed by atoms with E-state index < -0.39 is 0 Å². The molecule has 1 aliphatic rings. The summed E-state index contributed by atoms with van der Waals surface area (Å²) in [6.45, 7) is 0.669. The Bertz CT molecular complexity index is 842. The Morgan fingerprint density at radius 3 is 2.88 bits per heavy atom. The Morgan fingerprint density at radius 1 is 1.29 bits per heavy atom. The number of nitrogens with zero attached hydrogens (tertiary/aromatic N) is 2. The molecule has 1 aliphatic heterocycles. The maximum absolute atomic E-state index is 13.1. The molecular weight excluding hydrogens is 327 g/mol. The second kappa shape index (κ2) is 6.20. The van der Waals surface area contributed by atoms with E-state index in [1.165, 1.54) is 23.5 Å². The summed E-state index contributed by atoms with van der Waals surface area (Å²) in [5.41, 5.74) is 1.26. The number of thiophene rings is 1. The van der Waals surface area contributed by atoms with Crippen LogP contribution >= 0.6 is 11.3 Å². The normalized spacial score (nSPS) is 17.4. The predicted octanol–water partition coefficient (Wildman–Crippen LogP) is 4.52. The average molecular weight is 342 g/mol. The zero-order valence-electron chi connectivity index (χ0n) is 12.8. The van der Waals surface area contributed by atoms with Crippen LogP contribution in [0.25, 0.3) is 10.6 Å². The van der Waals surface area contributed by atoms with Crippen molar-refractivity contribution in [2.24, 2.45) is 0 Å². The van der Waals surface area contributed by atoms with Gasteiger partial charge in [0, 0.05) is 12.6 Å². The van der Waals surface area contributed by atoms with E-state index in [0.29, 0.717) is 18.0 Å². The van der Waals surface area contributed by atoms with Crippen LogP contribution in [-0.4, -0.2) is 22.5 Å². The number of benzene rings is 1. The molecule has 0 spiro atoms. The molecule has 1 atom stereocenters. The molecule has 1 amide bonds. The van der Waals surface area contributed by atoms with Crippen molar-refractivity contribution in [3.8, 4) is 10.6 Å². The molecule has 24 heavy (non-hydrogen) atoms. The molecule has 0 saturated carbocycles. The lowest BCUT2D eigenvalue weighted by Crippen LogP contribution is -2.30. The molecule has 0 N–H and O–H groups in total. The minimum atomic E-state index is -0.272. The van der Waals surface area contributed by atoms with Crippen molar-refractivity contribution in [3.05, 3.63) is 64.9 Å². The molecule has 122 valence electrons. The van der Waals surface area contributed by atoms with E-state index in [2.05, 4.69) is 5.16 Å². The van der Waals surface area contributed by atoms with Gasteiger partial charge in [-0.1, -0.05) is 23.4 Å². The molecule has 1 aromatic carbocycles. The van der Waals surface area contributed by atoms with Gasteiger partial charge in [0.25, 0.3) is 5.91 Å². The monoisotopic (exact) mass is 342 g/mol. The van der Waals surface area contributed by atoms with E-state index in [4.69, 9.17) is 4.52 Å². The minimum Gasteiger partial charge on any atom is -0.355 e. The summed E-state index contributed by atoms with van der Waals surface area (Å²) in [7, 11) is 0. The van der Waals surface area contributed by atoms with Crippen LogP contribution in [0.4, 0.5) is 4.39 Å². The molecule has 0 radical (unpaired) electrons. The SMILES string of the molecule is O=C(c1cc(-c2cccs2)on1)N1CCC[C@H]1c1ccc(F)cc1. The zero-order chi connectivity index (χ0) is 16.5. The van der Waals surface area contributed by atoms with E-state index in [1.54, 1.807) is 23.1 Å². The second-order valence-corrected chi connectivity index (χ2v) is 6.71. The summed E-state index contributed by atoms with van der Waals surface area (Å²) < 4.78 is 18.4. The molecule has 6 heteroatoms. The third kappa shape index (κ3) is 2.73. The fraction of sp³-hybridized carbons (Fsp3) is 0.222. The first-order chi connectivity index (χ1) is 11.7. The average Bonchev–Trinajstić information content (AvgIpc) is 3.34. The van der Waals surface area contributed by atoms with Gasteiger partial charge in [0.15, 0.2) is 11.5 Å². The molecule has 1 saturated heterocycles. The zero-order valence-corrected chi connectivity index (χ0v) is 13.6. The predicted molar refractivity (Wildman–Crippen MR) is 89.2 cm³/mol. The standard InChI is InChI=1S/C18H15FN2O2S/c19-13-7-5-12(6-8-13)15-3-1-9-21(15)18(22)14-11-16(23-20-14)17-4-2-10-24-17/h2,4-8,10-11,15H,1,3,9H2/t15-/m0/s1. The van der Waals surface area contributed by atoms with Crippen LogP contribution in [0.15, 0.2) is 52.4 Å². The van der Waals surface area contributed by atoms with Crippen molar-refractivity contribution in [2.45, 2.75) is 18.9 Å². The highest BCUT2D eigenvalue weighted by Gasteiger charge is 2.32. The van der Waals surface area contributed by atoms with Crippen molar-refractivity contribution in [3.63, 3.8) is 0 Å². The number of carbonyl (C=O) groups is 1. The van der Waals surface area contributed by atoms with Crippen LogP contribution in [0.5, 0.6) is 0 Å². The lowest BCUT2D eigenvalue weighted by atomic mass is 10.0. The van der Waals surface area contributed by atoms with Crippen molar-refractivity contribution < 1.29 is 13.7 Å². The summed E-state index contributed by atoms with van der Waals surface area (Å²) in [4.78, 5) is 15.6. The maximum Gasteiger partial charge on any atom is 0.276 e. The van der Waals surface area contributed by atoms with Crippen LogP contribution in [-0.2, 0) is 0 Å². The Kier molecular flexibility index (Phi) is 3.90. The molecule has 1 fully saturated rings. The summed E-state index contributed by atoms with van der Waals surface area (Å²) in [6.07, 6.45) is 1.79. The molecule has 2 aromatic heterocycles. The van der Waals surface area contributed by atoms with Crippen LogP contribution in [0.1, 0.15) is 34.9 Å². The summed E-state index contributed by atoms with van der Waals surface area (Å²) in [6, 6.07) is 11.8. The van der Waals surface area contributed by atoms with Gasteiger partial charge >= 0.3 is 0 Å². The highest BCUT2D eigenvalue weighted by atomic mass is 32.1. The van der Waals surface area contributed by atoms with Gasteiger partial charge in [-0.05, 0) is 42.0 Å². The summed E-state index contributed by atoms with van der Waals surface area (Å²) in [5.74, 6) is 0.186. The number of aromatic nitrogens is 1. The van der Waals surface area contributed by atoms with E-state index >= 15 is 0 Å². The third-order valence-corrected chi connectivity index (χ3v) is 5.15. The Labute approximate surface area is 142 Å². The van der Waals surface area contributed by atoms with Gasteiger partial charge in [-0.3, -0.25) is 4.79 Å². The highest BCUT2D eigenvalue weighted by Crippen LogP contribution is 2.34. The number of hydrogen-bond acceptors (Lipinski definition) is 4. The van der Waals surface area contributed by atoms with Crippen LogP contribution in [0.3, 0.4) is 0 Å². The molecule has 4 rings (SSSR count). The smallest absolute Gasteiger partial charge is 0.276 e. The third-order valence-electron chi connectivity index (χ3n) is 4.26. The van der Waals surface area contributed by atoms with E-state index in [0.717, 1.165) is 23.3 Å². The van der Waals surface area contributed by atoms with E-state index in [1.807, 2.05) is 17.5 Å². The number of hydrogen-bond donors (Lipinski definition) is 0. The topological polar surface area (TPSA) is 46.3 Å². The molecule has 4 nitrogen and oxygen atoms in total. The fourth-order valence-electron chi connectivity index (χ4n) is 3.10. The number of carbonyl (C=O) groups excluding carboxylic acids is 1. The Hall–Kier alpha value is -2.47. The van der Waals surface area contributed by atoms with Gasteiger partial charge in [-0.25, -0.2) is 4.39 Å². The van der Waals surface area contributed by atoms with Gasteiger partial charge in [-0.2, -0.15) is 0 Å². The first kappa shape index (κ1) is 15.1. The van der Waals surface area contributed by atoms with Crippen LogP contribution in [0.2, 0.25) is 0 Å². The molecule has 0 bridgehead atoms. The number of rotatable bonds is 3. The minimum absolute atomic E-state index is 0.0417. The van der Waals surface area contributed by atoms with Crippen molar-refractivity contribution in [1.29, 1.82) is 0 Å². The van der Waals surface area contributed by atoms with Crippen LogP contribution < -0.4 is 0 Å². The summed E-state index contributed by atoms with van der Waals surface area (Å²) >= 11 is 1.54. The molecular formula is C18H15FN2O2S. The van der Waals surface area contributed by atoms with Crippen LogP contribution in [0, 0.1) is 5.82 Å². The van der Waals surface area contributed by atoms with Crippen molar-refractivity contribution in [2.75, 3.05) is 6.54 Å².